The van der Waals surface area contributed by atoms with Crippen molar-refractivity contribution in [3.8, 4) is 5.75 Å². The summed E-state index contributed by atoms with van der Waals surface area (Å²) in [6.45, 7) is 3.84. The summed E-state index contributed by atoms with van der Waals surface area (Å²) in [5.74, 6) is 1.62. The quantitative estimate of drug-likeness (QED) is 0.867. The highest BCUT2D eigenvalue weighted by Gasteiger charge is 2.27. The molecule has 2 heterocycles. The predicted octanol–water partition coefficient (Wildman–Crippen LogP) is 2.37. The van der Waals surface area contributed by atoms with Crippen molar-refractivity contribution in [2.24, 2.45) is 5.92 Å². The van der Waals surface area contributed by atoms with Crippen molar-refractivity contribution in [3.63, 3.8) is 0 Å². The number of carbonyl (C=O) groups is 1. The lowest BCUT2D eigenvalue weighted by atomic mass is 9.85. The second kappa shape index (κ2) is 7.97. The maximum absolute atomic E-state index is 12.7. The molecule has 142 valence electrons. The Hall–Kier alpha value is -1.59. The number of carbonyl (C=O) groups excluding carboxylic acids is 1. The molecule has 0 aromatic heterocycles. The fourth-order valence-electron chi connectivity index (χ4n) is 4.65. The number of nitrogens with one attached hydrogen (secondary N) is 1. The molecule has 2 N–H and O–H groups in total. The summed E-state index contributed by atoms with van der Waals surface area (Å²) < 4.78 is 5.52. The molecular formula is C21H30N2O3. The van der Waals surface area contributed by atoms with Crippen molar-refractivity contribution in [2.45, 2.75) is 57.1 Å². The standard InChI is InChI=1S/C21H30N2O3/c24-19-6-9-23(10-7-19)14-15-2-1-3-18(12-15)22-21(25)17-4-5-20-16(13-17)8-11-26-20/h4-5,13,15,18-19,24H,1-3,6-12,14H2,(H,22,25)/t15-,18-/m1/s1. The summed E-state index contributed by atoms with van der Waals surface area (Å²) in [4.78, 5) is 15.1. The highest BCUT2D eigenvalue weighted by molar-refractivity contribution is 5.94. The molecule has 4 rings (SSSR count). The van der Waals surface area contributed by atoms with Gasteiger partial charge in [0.05, 0.1) is 12.7 Å². The summed E-state index contributed by atoms with van der Waals surface area (Å²) in [6.07, 6.45) is 7.16. The molecule has 5 heteroatoms. The molecular weight excluding hydrogens is 328 g/mol. The van der Waals surface area contributed by atoms with Crippen LogP contribution in [0.15, 0.2) is 18.2 Å². The summed E-state index contributed by atoms with van der Waals surface area (Å²) in [7, 11) is 0. The number of nitrogens with zero attached hydrogens (tertiary/aromatic N) is 1. The summed E-state index contributed by atoms with van der Waals surface area (Å²) in [5, 5.41) is 12.9. The van der Waals surface area contributed by atoms with Gasteiger partial charge in [0.15, 0.2) is 0 Å². The van der Waals surface area contributed by atoms with E-state index >= 15 is 0 Å². The van der Waals surface area contributed by atoms with Crippen LogP contribution in [-0.2, 0) is 6.42 Å². The first-order valence-corrected chi connectivity index (χ1v) is 10.1. The van der Waals surface area contributed by atoms with Gasteiger partial charge in [-0.25, -0.2) is 0 Å². The van der Waals surface area contributed by atoms with E-state index in [1.807, 2.05) is 18.2 Å². The highest BCUT2D eigenvalue weighted by atomic mass is 16.5. The van der Waals surface area contributed by atoms with E-state index in [0.29, 0.717) is 5.92 Å². The van der Waals surface area contributed by atoms with Crippen LogP contribution >= 0.6 is 0 Å². The van der Waals surface area contributed by atoms with E-state index in [0.717, 1.165) is 75.2 Å². The molecule has 1 aromatic rings. The van der Waals surface area contributed by atoms with Gasteiger partial charge < -0.3 is 20.1 Å². The lowest BCUT2D eigenvalue weighted by Gasteiger charge is -2.36. The van der Waals surface area contributed by atoms with E-state index in [1.165, 1.54) is 12.8 Å². The second-order valence-corrected chi connectivity index (χ2v) is 8.16. The van der Waals surface area contributed by atoms with E-state index < -0.39 is 0 Å². The summed E-state index contributed by atoms with van der Waals surface area (Å²) in [5.41, 5.74) is 1.90. The average molecular weight is 358 g/mol. The van der Waals surface area contributed by atoms with Crippen LogP contribution in [0.25, 0.3) is 0 Å². The summed E-state index contributed by atoms with van der Waals surface area (Å²) in [6, 6.07) is 6.06. The van der Waals surface area contributed by atoms with E-state index in [1.54, 1.807) is 0 Å². The zero-order chi connectivity index (χ0) is 17.9. The number of aliphatic hydroxyl groups is 1. The van der Waals surface area contributed by atoms with E-state index in [4.69, 9.17) is 4.74 Å². The van der Waals surface area contributed by atoms with E-state index in [2.05, 4.69) is 10.2 Å². The SMILES string of the molecule is O=C(N[C@@H]1CCC[C@@H](CN2CCC(O)CC2)C1)c1ccc2c(c1)CCO2. The molecule has 0 bridgehead atoms. The van der Waals surface area contributed by atoms with Crippen LogP contribution in [-0.4, -0.2) is 54.3 Å². The van der Waals surface area contributed by atoms with Gasteiger partial charge >= 0.3 is 0 Å². The van der Waals surface area contributed by atoms with Gasteiger partial charge in [-0.05, 0) is 61.8 Å². The van der Waals surface area contributed by atoms with Gasteiger partial charge in [-0.1, -0.05) is 6.42 Å². The maximum atomic E-state index is 12.7. The van der Waals surface area contributed by atoms with E-state index in [9.17, 15) is 9.90 Å². The molecule has 0 unspecified atom stereocenters. The van der Waals surface area contributed by atoms with Crippen LogP contribution in [0.4, 0.5) is 0 Å². The third-order valence-corrected chi connectivity index (χ3v) is 6.14. The Morgan fingerprint density at radius 1 is 1.23 bits per heavy atom. The fourth-order valence-corrected chi connectivity index (χ4v) is 4.65. The number of amides is 1. The molecule has 3 aliphatic rings. The van der Waals surface area contributed by atoms with Gasteiger partial charge in [0, 0.05) is 37.7 Å². The Balaban J connectivity index is 1.29. The number of likely N-dealkylation sites (tertiary alicyclic amines) is 1. The Bertz CT molecular complexity index is 640. The molecule has 0 radical (unpaired) electrons. The van der Waals surface area contributed by atoms with Crippen molar-refractivity contribution in [2.75, 3.05) is 26.2 Å². The monoisotopic (exact) mass is 358 g/mol. The number of benzene rings is 1. The molecule has 0 spiro atoms. The minimum atomic E-state index is -0.109. The zero-order valence-corrected chi connectivity index (χ0v) is 15.5. The molecule has 5 nitrogen and oxygen atoms in total. The van der Waals surface area contributed by atoms with Crippen molar-refractivity contribution >= 4 is 5.91 Å². The number of ether oxygens (including phenoxy) is 1. The first kappa shape index (κ1) is 17.8. The fraction of sp³-hybridized carbons (Fsp3) is 0.667. The van der Waals surface area contributed by atoms with Gasteiger partial charge in [0.2, 0.25) is 0 Å². The van der Waals surface area contributed by atoms with Crippen molar-refractivity contribution in [1.82, 2.24) is 10.2 Å². The van der Waals surface area contributed by atoms with Crippen molar-refractivity contribution in [3.05, 3.63) is 29.3 Å². The third-order valence-electron chi connectivity index (χ3n) is 6.14. The van der Waals surface area contributed by atoms with Crippen LogP contribution in [0.1, 0.15) is 54.4 Å². The maximum Gasteiger partial charge on any atom is 0.251 e. The molecule has 2 fully saturated rings. The highest BCUT2D eigenvalue weighted by Crippen LogP contribution is 2.28. The summed E-state index contributed by atoms with van der Waals surface area (Å²) >= 11 is 0. The van der Waals surface area contributed by atoms with Crippen molar-refractivity contribution in [1.29, 1.82) is 0 Å². The second-order valence-electron chi connectivity index (χ2n) is 8.16. The lowest BCUT2D eigenvalue weighted by Crippen LogP contribution is -2.43. The Morgan fingerprint density at radius 2 is 2.08 bits per heavy atom. The smallest absolute Gasteiger partial charge is 0.251 e. The largest absolute Gasteiger partial charge is 0.493 e. The van der Waals surface area contributed by atoms with Gasteiger partial charge in [-0.2, -0.15) is 0 Å². The van der Waals surface area contributed by atoms with Gasteiger partial charge in [-0.3, -0.25) is 4.79 Å². The van der Waals surface area contributed by atoms with Crippen LogP contribution in [0.3, 0.4) is 0 Å². The van der Waals surface area contributed by atoms with Crippen LogP contribution in [0.2, 0.25) is 0 Å². The molecule has 2 atom stereocenters. The van der Waals surface area contributed by atoms with Gasteiger partial charge in [0.25, 0.3) is 5.91 Å². The minimum Gasteiger partial charge on any atom is -0.493 e. The van der Waals surface area contributed by atoms with E-state index in [-0.39, 0.29) is 18.1 Å². The molecule has 1 aromatic carbocycles. The first-order valence-electron chi connectivity index (χ1n) is 10.1. The van der Waals surface area contributed by atoms with Gasteiger partial charge in [-0.15, -0.1) is 0 Å². The minimum absolute atomic E-state index is 0.0476. The van der Waals surface area contributed by atoms with Crippen LogP contribution < -0.4 is 10.1 Å². The Kier molecular flexibility index (Phi) is 5.46. The predicted molar refractivity (Wildman–Crippen MR) is 101 cm³/mol. The Labute approximate surface area is 155 Å². The number of aliphatic hydroxyl groups excluding tert-OH is 1. The number of hydrogen-bond donors (Lipinski definition) is 2. The Morgan fingerprint density at radius 3 is 2.92 bits per heavy atom. The lowest BCUT2D eigenvalue weighted by molar-refractivity contribution is 0.0679. The first-order chi connectivity index (χ1) is 12.7. The average Bonchev–Trinajstić information content (AvgIpc) is 3.12. The van der Waals surface area contributed by atoms with Crippen LogP contribution in [0, 0.1) is 5.92 Å². The molecule has 2 aliphatic heterocycles. The molecule has 1 saturated heterocycles. The van der Waals surface area contributed by atoms with Gasteiger partial charge in [0.1, 0.15) is 5.75 Å². The number of hydrogen-bond acceptors (Lipinski definition) is 4. The normalized spacial score (nSPS) is 27.0. The molecule has 26 heavy (non-hydrogen) atoms. The molecule has 1 amide bonds. The number of rotatable bonds is 4. The molecule has 1 aliphatic carbocycles. The number of piperidine rings is 1. The zero-order valence-electron chi connectivity index (χ0n) is 15.5. The number of fused-ring (bicyclic) bond motifs is 1. The van der Waals surface area contributed by atoms with Crippen molar-refractivity contribution < 1.29 is 14.6 Å². The molecule has 1 saturated carbocycles. The topological polar surface area (TPSA) is 61.8 Å². The van der Waals surface area contributed by atoms with Crippen LogP contribution in [0.5, 0.6) is 5.75 Å². The third kappa shape index (κ3) is 4.21.